The van der Waals surface area contributed by atoms with Crippen molar-refractivity contribution in [2.75, 3.05) is 6.61 Å². The van der Waals surface area contributed by atoms with Crippen molar-refractivity contribution in [1.82, 2.24) is 0 Å². The molecule has 1 aromatic carbocycles. The first-order chi connectivity index (χ1) is 7.05. The fraction of sp³-hybridized carbons (Fsp3) is 0.400. The predicted octanol–water partition coefficient (Wildman–Crippen LogP) is 1.98. The van der Waals surface area contributed by atoms with Crippen LogP contribution in [0.25, 0.3) is 0 Å². The van der Waals surface area contributed by atoms with Crippen molar-refractivity contribution in [3.63, 3.8) is 0 Å². The van der Waals surface area contributed by atoms with Crippen LogP contribution in [0, 0.1) is 0 Å². The van der Waals surface area contributed by atoms with Gasteiger partial charge in [-0.15, -0.1) is 0 Å². The molecule has 0 amide bonds. The molecule has 0 saturated carbocycles. The van der Waals surface area contributed by atoms with E-state index in [9.17, 15) is 13.0 Å². The summed E-state index contributed by atoms with van der Waals surface area (Å²) in [4.78, 5) is -0.291. The zero-order chi connectivity index (χ0) is 11.3. The third-order valence-corrected chi connectivity index (χ3v) is 2.75. The molecule has 0 aliphatic heterocycles. The van der Waals surface area contributed by atoms with Crippen LogP contribution in [-0.4, -0.2) is 15.0 Å². The van der Waals surface area contributed by atoms with Crippen molar-refractivity contribution in [1.29, 1.82) is 0 Å². The molecule has 0 unspecified atom stereocenters. The minimum atomic E-state index is -4.45. The van der Waals surface area contributed by atoms with Gasteiger partial charge in [-0.3, -0.25) is 0 Å². The van der Waals surface area contributed by atoms with Crippen LogP contribution in [0.3, 0.4) is 0 Å². The Morgan fingerprint density at radius 3 is 2.53 bits per heavy atom. The van der Waals surface area contributed by atoms with Crippen LogP contribution in [0.2, 0.25) is 0 Å². The van der Waals surface area contributed by atoms with Gasteiger partial charge in [-0.2, -0.15) is 8.42 Å². The zero-order valence-electron chi connectivity index (χ0n) is 8.47. The van der Waals surface area contributed by atoms with Gasteiger partial charge < -0.3 is 4.74 Å². The van der Waals surface area contributed by atoms with Crippen molar-refractivity contribution in [2.45, 2.75) is 24.7 Å². The Bertz CT molecular complexity index is 411. The van der Waals surface area contributed by atoms with E-state index in [-0.39, 0.29) is 10.6 Å². The summed E-state index contributed by atoms with van der Waals surface area (Å²) in [5, 5.41) is 0. The zero-order valence-corrected chi connectivity index (χ0v) is 9.29. The lowest BCUT2D eigenvalue weighted by atomic mass is 10.3. The Hall–Kier alpha value is -1.07. The van der Waals surface area contributed by atoms with Crippen molar-refractivity contribution in [2.24, 2.45) is 0 Å². The Kier molecular flexibility index (Phi) is 4.11. The SMILES string of the molecule is CCCCOc1ccccc1S([O])(=O)=O. The van der Waals surface area contributed by atoms with E-state index >= 15 is 0 Å². The maximum atomic E-state index is 10.9. The molecule has 0 atom stereocenters. The summed E-state index contributed by atoms with van der Waals surface area (Å²) < 4.78 is 37.8. The fourth-order valence-corrected chi connectivity index (χ4v) is 1.72. The lowest BCUT2D eigenvalue weighted by Gasteiger charge is -2.07. The van der Waals surface area contributed by atoms with Crippen LogP contribution in [0.5, 0.6) is 5.75 Å². The summed E-state index contributed by atoms with van der Waals surface area (Å²) in [7, 11) is -4.45. The Morgan fingerprint density at radius 2 is 1.93 bits per heavy atom. The van der Waals surface area contributed by atoms with E-state index in [4.69, 9.17) is 4.74 Å². The highest BCUT2D eigenvalue weighted by molar-refractivity contribution is 7.85. The van der Waals surface area contributed by atoms with E-state index in [1.165, 1.54) is 18.2 Å². The molecule has 0 fully saturated rings. The molecular weight excluding hydrogens is 216 g/mol. The maximum Gasteiger partial charge on any atom is 0.327 e. The highest BCUT2D eigenvalue weighted by atomic mass is 32.2. The van der Waals surface area contributed by atoms with Gasteiger partial charge in [-0.25, -0.2) is 0 Å². The highest BCUT2D eigenvalue weighted by Gasteiger charge is 2.17. The third-order valence-electron chi connectivity index (χ3n) is 1.87. The molecule has 0 aliphatic rings. The van der Waals surface area contributed by atoms with Crippen LogP contribution >= 0.6 is 0 Å². The second-order valence-electron chi connectivity index (χ2n) is 3.10. The van der Waals surface area contributed by atoms with Gasteiger partial charge in [0.25, 0.3) is 0 Å². The van der Waals surface area contributed by atoms with Gasteiger partial charge in [-0.1, -0.05) is 30.0 Å². The average Bonchev–Trinajstić information content (AvgIpc) is 2.17. The number of hydrogen-bond donors (Lipinski definition) is 0. The first-order valence-electron chi connectivity index (χ1n) is 4.73. The molecule has 5 heteroatoms. The standard InChI is InChI=1S/C10H13O4S/c1-2-3-8-14-9-6-4-5-7-10(9)15(11,12)13/h4-7H,2-3,8H2,1H3. The number of rotatable bonds is 5. The molecule has 1 radical (unpaired) electrons. The van der Waals surface area contributed by atoms with Gasteiger partial charge >= 0.3 is 10.1 Å². The molecular formula is C10H13O4S. The molecule has 83 valence electrons. The van der Waals surface area contributed by atoms with E-state index in [1.807, 2.05) is 6.92 Å². The van der Waals surface area contributed by atoms with Crippen LogP contribution in [0.4, 0.5) is 0 Å². The lowest BCUT2D eigenvalue weighted by Crippen LogP contribution is -2.03. The van der Waals surface area contributed by atoms with Crippen LogP contribution < -0.4 is 4.74 Å². The molecule has 4 nitrogen and oxygen atoms in total. The topological polar surface area (TPSA) is 63.3 Å². The first-order valence-corrected chi connectivity index (χ1v) is 6.14. The molecule has 1 rings (SSSR count). The van der Waals surface area contributed by atoms with Crippen molar-refractivity contribution >= 4 is 10.1 Å². The van der Waals surface area contributed by atoms with Crippen LogP contribution in [-0.2, 0) is 14.7 Å². The predicted molar refractivity (Wildman–Crippen MR) is 54.7 cm³/mol. The second kappa shape index (κ2) is 5.14. The molecule has 0 saturated heterocycles. The molecule has 15 heavy (non-hydrogen) atoms. The quantitative estimate of drug-likeness (QED) is 0.725. The summed E-state index contributed by atoms with van der Waals surface area (Å²) in [6, 6.07) is 5.87. The van der Waals surface area contributed by atoms with Crippen LogP contribution in [0.1, 0.15) is 19.8 Å². The summed E-state index contributed by atoms with van der Waals surface area (Å²) in [5.41, 5.74) is 0. The average molecular weight is 229 g/mol. The van der Waals surface area contributed by atoms with Crippen molar-refractivity contribution < 1.29 is 17.7 Å². The number of benzene rings is 1. The molecule has 0 aliphatic carbocycles. The Morgan fingerprint density at radius 1 is 1.27 bits per heavy atom. The molecule has 0 heterocycles. The molecule has 0 N–H and O–H groups in total. The van der Waals surface area contributed by atoms with E-state index in [1.54, 1.807) is 6.07 Å². The van der Waals surface area contributed by atoms with Gasteiger partial charge in [0, 0.05) is 0 Å². The monoisotopic (exact) mass is 229 g/mol. The van der Waals surface area contributed by atoms with E-state index in [0.29, 0.717) is 6.61 Å². The van der Waals surface area contributed by atoms with Gasteiger partial charge in [0.05, 0.1) is 6.61 Å². The minimum absolute atomic E-state index is 0.140. The van der Waals surface area contributed by atoms with Gasteiger partial charge in [0.15, 0.2) is 0 Å². The number of hydrogen-bond acceptors (Lipinski definition) is 3. The van der Waals surface area contributed by atoms with Crippen LogP contribution in [0.15, 0.2) is 29.2 Å². The van der Waals surface area contributed by atoms with E-state index in [2.05, 4.69) is 0 Å². The summed E-state index contributed by atoms with van der Waals surface area (Å²) in [6.07, 6.45) is 1.78. The molecule has 0 bridgehead atoms. The first kappa shape index (κ1) is 12.0. The summed E-state index contributed by atoms with van der Waals surface area (Å²) in [6.45, 7) is 2.42. The maximum absolute atomic E-state index is 10.9. The molecule has 0 aromatic heterocycles. The van der Waals surface area contributed by atoms with Crippen molar-refractivity contribution in [3.8, 4) is 5.75 Å². The largest absolute Gasteiger partial charge is 0.492 e. The van der Waals surface area contributed by atoms with E-state index < -0.39 is 10.1 Å². The summed E-state index contributed by atoms with van der Waals surface area (Å²) >= 11 is 0. The van der Waals surface area contributed by atoms with Gasteiger partial charge in [0.1, 0.15) is 10.6 Å². The third kappa shape index (κ3) is 3.53. The fourth-order valence-electron chi connectivity index (χ4n) is 1.10. The minimum Gasteiger partial charge on any atom is -0.492 e. The number of ether oxygens (including phenoxy) is 1. The second-order valence-corrected chi connectivity index (χ2v) is 4.45. The number of para-hydroxylation sites is 1. The highest BCUT2D eigenvalue weighted by Crippen LogP contribution is 2.23. The Labute approximate surface area is 89.6 Å². The van der Waals surface area contributed by atoms with E-state index in [0.717, 1.165) is 12.8 Å². The molecule has 1 aromatic rings. The van der Waals surface area contributed by atoms with Gasteiger partial charge in [-0.05, 0) is 18.6 Å². The normalized spacial score (nSPS) is 11.3. The lowest BCUT2D eigenvalue weighted by molar-refractivity contribution is 0.299. The Balaban J connectivity index is 2.88. The molecule has 0 spiro atoms. The smallest absolute Gasteiger partial charge is 0.327 e. The van der Waals surface area contributed by atoms with Gasteiger partial charge in [0.2, 0.25) is 0 Å². The summed E-state index contributed by atoms with van der Waals surface area (Å²) in [5.74, 6) is 0.140. The van der Waals surface area contributed by atoms with Crippen molar-refractivity contribution in [3.05, 3.63) is 24.3 Å². The number of unbranched alkanes of at least 4 members (excludes halogenated alkanes) is 1.